The standard InChI is InChI=1S/C23H37N5O3.HI/c1-2-25-22(26-16-19-7-6-8-20(15-19)31-17-21(24)29)27-18-23(9-4-3-5-10-23)28-11-13-30-14-12-28;/h6-8,15H,2-5,9-14,16-18H2,1H3,(H2,24,29)(H2,25,26,27);1H. The Labute approximate surface area is 208 Å². The molecule has 1 saturated heterocycles. The highest BCUT2D eigenvalue weighted by Gasteiger charge is 2.38. The first-order chi connectivity index (χ1) is 15.1. The van der Waals surface area contributed by atoms with E-state index in [9.17, 15) is 4.79 Å². The van der Waals surface area contributed by atoms with Gasteiger partial charge in [-0.2, -0.15) is 0 Å². The van der Waals surface area contributed by atoms with E-state index in [4.69, 9.17) is 20.2 Å². The Kier molecular flexibility index (Phi) is 11.5. The van der Waals surface area contributed by atoms with E-state index in [0.717, 1.165) is 50.9 Å². The van der Waals surface area contributed by atoms with Crippen molar-refractivity contribution in [1.29, 1.82) is 0 Å². The maximum Gasteiger partial charge on any atom is 0.255 e. The number of nitrogens with one attached hydrogen (secondary N) is 2. The Bertz CT molecular complexity index is 734. The summed E-state index contributed by atoms with van der Waals surface area (Å²) in [5.41, 5.74) is 6.35. The molecular weight excluding hydrogens is 521 g/mol. The Morgan fingerprint density at radius 2 is 1.97 bits per heavy atom. The fourth-order valence-electron chi connectivity index (χ4n) is 4.50. The zero-order chi connectivity index (χ0) is 21.9. The van der Waals surface area contributed by atoms with E-state index in [1.54, 1.807) is 0 Å². The summed E-state index contributed by atoms with van der Waals surface area (Å²) in [4.78, 5) is 18.4. The molecule has 0 spiro atoms. The summed E-state index contributed by atoms with van der Waals surface area (Å²) < 4.78 is 11.0. The van der Waals surface area contributed by atoms with Crippen molar-refractivity contribution in [3.05, 3.63) is 29.8 Å². The second-order valence-electron chi connectivity index (χ2n) is 8.34. The molecule has 3 rings (SSSR count). The van der Waals surface area contributed by atoms with Gasteiger partial charge in [-0.1, -0.05) is 31.4 Å². The van der Waals surface area contributed by atoms with Gasteiger partial charge in [-0.3, -0.25) is 9.69 Å². The predicted octanol–water partition coefficient (Wildman–Crippen LogP) is 2.26. The fourth-order valence-corrected chi connectivity index (χ4v) is 4.50. The van der Waals surface area contributed by atoms with Crippen LogP contribution < -0.4 is 21.1 Å². The van der Waals surface area contributed by atoms with Gasteiger partial charge in [0.2, 0.25) is 0 Å². The van der Waals surface area contributed by atoms with Crippen molar-refractivity contribution in [3.63, 3.8) is 0 Å². The van der Waals surface area contributed by atoms with Gasteiger partial charge >= 0.3 is 0 Å². The molecule has 0 radical (unpaired) electrons. The number of primary amides is 1. The number of carbonyl (C=O) groups excluding carboxylic acids is 1. The molecule has 0 bridgehead atoms. The van der Waals surface area contributed by atoms with Crippen LogP contribution in [0.1, 0.15) is 44.6 Å². The molecule has 1 aliphatic carbocycles. The molecule has 1 aromatic carbocycles. The summed E-state index contributed by atoms with van der Waals surface area (Å²) in [5, 5.41) is 6.99. The smallest absolute Gasteiger partial charge is 0.255 e. The Morgan fingerprint density at radius 1 is 1.22 bits per heavy atom. The number of morpholine rings is 1. The molecule has 4 N–H and O–H groups in total. The minimum Gasteiger partial charge on any atom is -0.484 e. The van der Waals surface area contributed by atoms with Crippen molar-refractivity contribution in [2.24, 2.45) is 10.7 Å². The third kappa shape index (κ3) is 8.08. The van der Waals surface area contributed by atoms with Crippen molar-refractivity contribution in [2.75, 3.05) is 46.0 Å². The molecule has 32 heavy (non-hydrogen) atoms. The number of hydrogen-bond donors (Lipinski definition) is 3. The summed E-state index contributed by atoms with van der Waals surface area (Å²) in [5.74, 6) is 0.959. The number of ether oxygens (including phenoxy) is 2. The number of carbonyl (C=O) groups is 1. The average Bonchev–Trinajstić information content (AvgIpc) is 2.81. The normalized spacial score (nSPS) is 19.0. The average molecular weight is 559 g/mol. The number of guanidine groups is 1. The van der Waals surface area contributed by atoms with Gasteiger partial charge < -0.3 is 25.8 Å². The summed E-state index contributed by atoms with van der Waals surface area (Å²) in [6.45, 7) is 7.83. The van der Waals surface area contributed by atoms with Crippen LogP contribution in [-0.2, 0) is 16.1 Å². The van der Waals surface area contributed by atoms with Gasteiger partial charge in [0.1, 0.15) is 5.75 Å². The fraction of sp³-hybridized carbons (Fsp3) is 0.652. The summed E-state index contributed by atoms with van der Waals surface area (Å²) in [7, 11) is 0. The minimum atomic E-state index is -0.487. The largest absolute Gasteiger partial charge is 0.484 e. The number of rotatable bonds is 9. The van der Waals surface area contributed by atoms with E-state index in [1.807, 2.05) is 24.3 Å². The molecule has 9 heteroatoms. The molecule has 180 valence electrons. The van der Waals surface area contributed by atoms with E-state index in [0.29, 0.717) is 12.3 Å². The van der Waals surface area contributed by atoms with E-state index in [-0.39, 0.29) is 36.1 Å². The van der Waals surface area contributed by atoms with Crippen molar-refractivity contribution < 1.29 is 14.3 Å². The number of hydrogen-bond acceptors (Lipinski definition) is 5. The third-order valence-corrected chi connectivity index (χ3v) is 6.09. The van der Waals surface area contributed by atoms with Crippen LogP contribution in [0.5, 0.6) is 5.75 Å². The van der Waals surface area contributed by atoms with Gasteiger partial charge in [-0.05, 0) is 37.5 Å². The lowest BCUT2D eigenvalue weighted by atomic mass is 9.80. The lowest BCUT2D eigenvalue weighted by molar-refractivity contribution is -0.119. The number of nitrogens with zero attached hydrogens (tertiary/aromatic N) is 2. The first-order valence-electron chi connectivity index (χ1n) is 11.5. The van der Waals surface area contributed by atoms with Crippen molar-refractivity contribution in [2.45, 2.75) is 51.1 Å². The third-order valence-electron chi connectivity index (χ3n) is 6.09. The SMILES string of the molecule is CCNC(=NCc1cccc(OCC(N)=O)c1)NCC1(N2CCOCC2)CCCCC1.I. The van der Waals surface area contributed by atoms with Crippen LogP contribution in [-0.4, -0.2) is 68.3 Å². The Morgan fingerprint density at radius 3 is 2.66 bits per heavy atom. The number of benzene rings is 1. The van der Waals surface area contributed by atoms with E-state index in [1.165, 1.54) is 32.1 Å². The lowest BCUT2D eigenvalue weighted by Gasteiger charge is -2.48. The van der Waals surface area contributed by atoms with Crippen LogP contribution >= 0.6 is 24.0 Å². The van der Waals surface area contributed by atoms with Crippen LogP contribution in [0.15, 0.2) is 29.3 Å². The van der Waals surface area contributed by atoms with Crippen LogP contribution in [0.3, 0.4) is 0 Å². The first kappa shape index (κ1) is 26.7. The number of aliphatic imine (C=N–C) groups is 1. The quantitative estimate of drug-likeness (QED) is 0.244. The van der Waals surface area contributed by atoms with Gasteiger partial charge in [-0.15, -0.1) is 24.0 Å². The second kappa shape index (κ2) is 13.8. The molecule has 1 heterocycles. The number of amides is 1. The molecule has 0 aromatic heterocycles. The molecule has 1 aliphatic heterocycles. The van der Waals surface area contributed by atoms with Gasteiger partial charge in [0.15, 0.2) is 12.6 Å². The molecule has 1 aromatic rings. The molecule has 2 aliphatic rings. The zero-order valence-corrected chi connectivity index (χ0v) is 21.4. The molecule has 8 nitrogen and oxygen atoms in total. The van der Waals surface area contributed by atoms with Crippen LogP contribution in [0.25, 0.3) is 0 Å². The van der Waals surface area contributed by atoms with Gasteiger partial charge in [0, 0.05) is 31.7 Å². The molecule has 1 saturated carbocycles. The maximum atomic E-state index is 10.9. The van der Waals surface area contributed by atoms with Crippen molar-refractivity contribution >= 4 is 35.8 Å². The first-order valence-corrected chi connectivity index (χ1v) is 11.5. The molecule has 0 unspecified atom stereocenters. The maximum absolute atomic E-state index is 10.9. The van der Waals surface area contributed by atoms with E-state index >= 15 is 0 Å². The predicted molar refractivity (Wildman–Crippen MR) is 138 cm³/mol. The number of halogens is 1. The van der Waals surface area contributed by atoms with E-state index in [2.05, 4.69) is 22.5 Å². The highest BCUT2D eigenvalue weighted by molar-refractivity contribution is 14.0. The van der Waals surface area contributed by atoms with Gasteiger partial charge in [-0.25, -0.2) is 4.99 Å². The van der Waals surface area contributed by atoms with Crippen LogP contribution in [0, 0.1) is 0 Å². The molecule has 1 amide bonds. The lowest BCUT2D eigenvalue weighted by Crippen LogP contribution is -2.60. The number of nitrogens with two attached hydrogens (primary N) is 1. The van der Waals surface area contributed by atoms with Crippen LogP contribution in [0.4, 0.5) is 0 Å². The van der Waals surface area contributed by atoms with Crippen molar-refractivity contribution in [3.8, 4) is 5.75 Å². The summed E-state index contributed by atoms with van der Waals surface area (Å²) in [6.07, 6.45) is 6.33. The molecule has 0 atom stereocenters. The molecular formula is C23H38IN5O3. The Hall–Kier alpha value is -1.59. The van der Waals surface area contributed by atoms with Gasteiger partial charge in [0.05, 0.1) is 19.8 Å². The monoisotopic (exact) mass is 559 g/mol. The van der Waals surface area contributed by atoms with Crippen LogP contribution in [0.2, 0.25) is 0 Å². The topological polar surface area (TPSA) is 101 Å². The highest BCUT2D eigenvalue weighted by Crippen LogP contribution is 2.33. The highest BCUT2D eigenvalue weighted by atomic mass is 127. The molecule has 2 fully saturated rings. The summed E-state index contributed by atoms with van der Waals surface area (Å²) >= 11 is 0. The summed E-state index contributed by atoms with van der Waals surface area (Å²) in [6, 6.07) is 7.61. The minimum absolute atomic E-state index is 0. The van der Waals surface area contributed by atoms with Crippen molar-refractivity contribution in [1.82, 2.24) is 15.5 Å². The van der Waals surface area contributed by atoms with E-state index < -0.39 is 5.91 Å². The van der Waals surface area contributed by atoms with Gasteiger partial charge in [0.25, 0.3) is 5.91 Å². The second-order valence-corrected chi connectivity index (χ2v) is 8.34. The zero-order valence-electron chi connectivity index (χ0n) is 19.1. The Balaban J connectivity index is 0.00000363.